The third-order valence-electron chi connectivity index (χ3n) is 4.02. The van der Waals surface area contributed by atoms with Crippen LogP contribution in [0.2, 0.25) is 0 Å². The fourth-order valence-corrected chi connectivity index (χ4v) is 2.72. The lowest BCUT2D eigenvalue weighted by Gasteiger charge is -2.37. The molecular weight excluding hydrogens is 270 g/mol. The van der Waals surface area contributed by atoms with Gasteiger partial charge in [0.25, 0.3) is 5.91 Å². The van der Waals surface area contributed by atoms with E-state index in [9.17, 15) is 14.7 Å². The van der Waals surface area contributed by atoms with Crippen LogP contribution in [0.4, 0.5) is 5.82 Å². The molecule has 1 saturated heterocycles. The van der Waals surface area contributed by atoms with E-state index in [2.05, 4.69) is 4.98 Å². The van der Waals surface area contributed by atoms with Crippen molar-refractivity contribution in [3.05, 3.63) is 23.9 Å². The summed E-state index contributed by atoms with van der Waals surface area (Å²) in [6, 6.07) is 3.12. The normalized spacial score (nSPS) is 22.0. The topological polar surface area (TPSA) is 73.7 Å². The van der Waals surface area contributed by atoms with E-state index in [1.807, 2.05) is 25.9 Å². The number of hydrogen-bond donors (Lipinski definition) is 1. The zero-order valence-electron chi connectivity index (χ0n) is 12.6. The van der Waals surface area contributed by atoms with Crippen LogP contribution in [0, 0.1) is 5.92 Å². The van der Waals surface area contributed by atoms with Gasteiger partial charge in [0.2, 0.25) is 0 Å². The van der Waals surface area contributed by atoms with Crippen molar-refractivity contribution in [1.29, 1.82) is 0 Å². The van der Waals surface area contributed by atoms with Gasteiger partial charge in [-0.2, -0.15) is 0 Å². The predicted molar refractivity (Wildman–Crippen MR) is 79.4 cm³/mol. The number of amides is 1. The predicted octanol–water partition coefficient (Wildman–Crippen LogP) is 1.47. The molecule has 1 aliphatic heterocycles. The Hall–Kier alpha value is -2.11. The van der Waals surface area contributed by atoms with Crippen LogP contribution >= 0.6 is 0 Å². The minimum atomic E-state index is -0.830. The quantitative estimate of drug-likeness (QED) is 0.913. The lowest BCUT2D eigenvalue weighted by Crippen LogP contribution is -2.49. The Morgan fingerprint density at radius 3 is 2.76 bits per heavy atom. The van der Waals surface area contributed by atoms with Crippen LogP contribution in [-0.2, 0) is 4.79 Å². The molecule has 1 amide bonds. The molecule has 0 unspecified atom stereocenters. The number of anilines is 1. The standard InChI is InChI=1S/C15H21N3O3/c1-10-12(15(20)21)5-4-8-18(10)14(19)11-6-7-16-13(9-11)17(2)3/h6-7,9-10,12H,4-5,8H2,1-3H3,(H,20,21)/t10-,12-/m1/s1. The average molecular weight is 291 g/mol. The summed E-state index contributed by atoms with van der Waals surface area (Å²) >= 11 is 0. The first-order valence-electron chi connectivity index (χ1n) is 7.09. The minimum Gasteiger partial charge on any atom is -0.481 e. The van der Waals surface area contributed by atoms with Gasteiger partial charge in [-0.1, -0.05) is 0 Å². The number of rotatable bonds is 3. The van der Waals surface area contributed by atoms with E-state index in [0.29, 0.717) is 24.3 Å². The van der Waals surface area contributed by atoms with Gasteiger partial charge in [-0.15, -0.1) is 0 Å². The number of pyridine rings is 1. The van der Waals surface area contributed by atoms with Crippen molar-refractivity contribution < 1.29 is 14.7 Å². The number of aliphatic carboxylic acids is 1. The molecule has 0 saturated carbocycles. The van der Waals surface area contributed by atoms with Crippen LogP contribution in [0.1, 0.15) is 30.1 Å². The summed E-state index contributed by atoms with van der Waals surface area (Å²) in [4.78, 5) is 31.6. The molecule has 0 bridgehead atoms. The maximum Gasteiger partial charge on any atom is 0.308 e. The number of carboxylic acid groups (broad SMARTS) is 1. The second-order valence-corrected chi connectivity index (χ2v) is 5.62. The zero-order chi connectivity index (χ0) is 15.6. The molecule has 2 atom stereocenters. The first kappa shape index (κ1) is 15.3. The molecule has 6 heteroatoms. The van der Waals surface area contributed by atoms with Crippen molar-refractivity contribution in [2.45, 2.75) is 25.8 Å². The monoisotopic (exact) mass is 291 g/mol. The highest BCUT2D eigenvalue weighted by Gasteiger charge is 2.35. The third kappa shape index (κ3) is 3.15. The molecule has 0 aliphatic carbocycles. The van der Waals surface area contributed by atoms with Crippen LogP contribution in [0.3, 0.4) is 0 Å². The van der Waals surface area contributed by atoms with Crippen molar-refractivity contribution in [2.75, 3.05) is 25.5 Å². The summed E-state index contributed by atoms with van der Waals surface area (Å²) in [6.07, 6.45) is 2.95. The molecule has 0 spiro atoms. The molecule has 2 heterocycles. The Bertz CT molecular complexity index is 545. The fourth-order valence-electron chi connectivity index (χ4n) is 2.72. The van der Waals surface area contributed by atoms with Gasteiger partial charge in [0.15, 0.2) is 0 Å². The van der Waals surface area contributed by atoms with E-state index in [-0.39, 0.29) is 11.9 Å². The van der Waals surface area contributed by atoms with Gasteiger partial charge in [0.1, 0.15) is 5.82 Å². The summed E-state index contributed by atoms with van der Waals surface area (Å²) in [5, 5.41) is 9.24. The SMILES string of the molecule is C[C@@H]1[C@H](C(=O)O)CCCN1C(=O)c1ccnc(N(C)C)c1. The van der Waals surface area contributed by atoms with Gasteiger partial charge in [-0.05, 0) is 31.9 Å². The largest absolute Gasteiger partial charge is 0.481 e. The Morgan fingerprint density at radius 1 is 1.43 bits per heavy atom. The summed E-state index contributed by atoms with van der Waals surface area (Å²) in [5.41, 5.74) is 0.548. The lowest BCUT2D eigenvalue weighted by atomic mass is 9.90. The third-order valence-corrected chi connectivity index (χ3v) is 4.02. The van der Waals surface area contributed by atoms with Crippen molar-refractivity contribution in [2.24, 2.45) is 5.92 Å². The number of carboxylic acids is 1. The number of carbonyl (C=O) groups is 2. The number of piperidine rings is 1. The van der Waals surface area contributed by atoms with E-state index in [0.717, 1.165) is 6.42 Å². The molecule has 2 rings (SSSR count). The van der Waals surface area contributed by atoms with E-state index < -0.39 is 11.9 Å². The van der Waals surface area contributed by atoms with Crippen molar-refractivity contribution in [3.63, 3.8) is 0 Å². The summed E-state index contributed by atoms with van der Waals surface area (Å²) < 4.78 is 0. The van der Waals surface area contributed by atoms with Crippen LogP contribution in [0.5, 0.6) is 0 Å². The highest BCUT2D eigenvalue weighted by Crippen LogP contribution is 2.25. The van der Waals surface area contributed by atoms with Crippen LogP contribution in [0.15, 0.2) is 18.3 Å². The molecule has 1 aromatic heterocycles. The number of aromatic nitrogens is 1. The molecular formula is C15H21N3O3. The van der Waals surface area contributed by atoms with Gasteiger partial charge >= 0.3 is 5.97 Å². The van der Waals surface area contributed by atoms with Gasteiger partial charge in [-0.3, -0.25) is 9.59 Å². The van der Waals surface area contributed by atoms with Crippen LogP contribution in [0.25, 0.3) is 0 Å². The number of carbonyl (C=O) groups excluding carboxylic acids is 1. The average Bonchev–Trinajstić information content (AvgIpc) is 2.46. The maximum absolute atomic E-state index is 12.6. The van der Waals surface area contributed by atoms with Gasteiger partial charge in [-0.25, -0.2) is 4.98 Å². The molecule has 1 N–H and O–H groups in total. The van der Waals surface area contributed by atoms with E-state index in [1.165, 1.54) is 0 Å². The van der Waals surface area contributed by atoms with E-state index in [4.69, 9.17) is 0 Å². The molecule has 1 aliphatic rings. The highest BCUT2D eigenvalue weighted by atomic mass is 16.4. The Kier molecular flexibility index (Phi) is 4.45. The molecule has 21 heavy (non-hydrogen) atoms. The fraction of sp³-hybridized carbons (Fsp3) is 0.533. The van der Waals surface area contributed by atoms with Crippen molar-refractivity contribution in [3.8, 4) is 0 Å². The van der Waals surface area contributed by atoms with Gasteiger partial charge in [0.05, 0.1) is 5.92 Å². The summed E-state index contributed by atoms with van der Waals surface area (Å²) in [7, 11) is 3.72. The Morgan fingerprint density at radius 2 is 2.14 bits per heavy atom. The Labute approximate surface area is 124 Å². The summed E-state index contributed by atoms with van der Waals surface area (Å²) in [6.45, 7) is 2.41. The van der Waals surface area contributed by atoms with Gasteiger partial charge < -0.3 is 14.9 Å². The first-order chi connectivity index (χ1) is 9.91. The molecule has 1 fully saturated rings. The second-order valence-electron chi connectivity index (χ2n) is 5.62. The zero-order valence-corrected chi connectivity index (χ0v) is 12.6. The smallest absolute Gasteiger partial charge is 0.308 e. The molecule has 0 aromatic carbocycles. The second kappa shape index (κ2) is 6.11. The van der Waals surface area contributed by atoms with Crippen LogP contribution in [-0.4, -0.2) is 53.5 Å². The lowest BCUT2D eigenvalue weighted by molar-refractivity contribution is -0.144. The number of nitrogens with zero attached hydrogens (tertiary/aromatic N) is 3. The first-order valence-corrected chi connectivity index (χ1v) is 7.09. The maximum atomic E-state index is 12.6. The molecule has 1 aromatic rings. The highest BCUT2D eigenvalue weighted by molar-refractivity contribution is 5.95. The number of likely N-dealkylation sites (tertiary alicyclic amines) is 1. The van der Waals surface area contributed by atoms with Crippen molar-refractivity contribution >= 4 is 17.7 Å². The Balaban J connectivity index is 2.23. The molecule has 114 valence electrons. The van der Waals surface area contributed by atoms with Gasteiger partial charge in [0, 0.05) is 38.4 Å². The van der Waals surface area contributed by atoms with Crippen molar-refractivity contribution in [1.82, 2.24) is 9.88 Å². The number of hydrogen-bond acceptors (Lipinski definition) is 4. The van der Waals surface area contributed by atoms with E-state index in [1.54, 1.807) is 23.2 Å². The molecule has 0 radical (unpaired) electrons. The molecule has 6 nitrogen and oxygen atoms in total. The van der Waals surface area contributed by atoms with E-state index >= 15 is 0 Å². The van der Waals surface area contributed by atoms with Crippen LogP contribution < -0.4 is 4.90 Å². The summed E-state index contributed by atoms with van der Waals surface area (Å²) in [5.74, 6) is -0.735. The minimum absolute atomic E-state index is 0.126.